The molecule has 0 aliphatic heterocycles. The van der Waals surface area contributed by atoms with Crippen LogP contribution in [0.2, 0.25) is 5.02 Å². The molecule has 3 rings (SSSR count). The number of hydrogen-bond donors (Lipinski definition) is 0. The third-order valence-corrected chi connectivity index (χ3v) is 5.08. The van der Waals surface area contributed by atoms with E-state index < -0.39 is 5.38 Å². The van der Waals surface area contributed by atoms with Crippen LogP contribution in [-0.2, 0) is 0 Å². The summed E-state index contributed by atoms with van der Waals surface area (Å²) >= 11 is 15.8. The normalized spacial score (nSPS) is 12.6. The van der Waals surface area contributed by atoms with Gasteiger partial charge in [0.05, 0.1) is 10.4 Å². The van der Waals surface area contributed by atoms with Crippen molar-refractivity contribution in [3.05, 3.63) is 81.0 Å². The van der Waals surface area contributed by atoms with E-state index in [0.717, 1.165) is 16.3 Å². The van der Waals surface area contributed by atoms with Gasteiger partial charge in [-0.1, -0.05) is 54.1 Å². The van der Waals surface area contributed by atoms with Crippen molar-refractivity contribution in [2.24, 2.45) is 0 Å². The Morgan fingerprint density at radius 1 is 0.952 bits per heavy atom. The Labute approximate surface area is 140 Å². The number of hydrogen-bond acceptors (Lipinski definition) is 0. The number of alkyl halides is 1. The van der Waals surface area contributed by atoms with Crippen molar-refractivity contribution in [3.8, 4) is 0 Å². The van der Waals surface area contributed by atoms with Gasteiger partial charge in [0.2, 0.25) is 0 Å². The highest BCUT2D eigenvalue weighted by molar-refractivity contribution is 9.10. The average Bonchev–Trinajstić information content (AvgIpc) is 2.49. The molecule has 0 spiro atoms. The van der Waals surface area contributed by atoms with Gasteiger partial charge in [0.1, 0.15) is 5.82 Å². The fraction of sp³-hybridized carbons (Fsp3) is 0.0588. The van der Waals surface area contributed by atoms with E-state index >= 15 is 0 Å². The zero-order valence-electron chi connectivity index (χ0n) is 10.8. The van der Waals surface area contributed by atoms with Crippen molar-refractivity contribution in [2.45, 2.75) is 5.38 Å². The summed E-state index contributed by atoms with van der Waals surface area (Å²) in [4.78, 5) is 0. The number of fused-ring (bicyclic) bond motifs is 1. The molecular formula is C17H10BrCl2F. The van der Waals surface area contributed by atoms with Crippen molar-refractivity contribution in [2.75, 3.05) is 0 Å². The van der Waals surface area contributed by atoms with Crippen molar-refractivity contribution in [3.63, 3.8) is 0 Å². The first-order valence-corrected chi connectivity index (χ1v) is 7.95. The van der Waals surface area contributed by atoms with Gasteiger partial charge in [-0.2, -0.15) is 0 Å². The molecule has 0 aromatic heterocycles. The van der Waals surface area contributed by atoms with Gasteiger partial charge in [-0.15, -0.1) is 11.6 Å². The Hall–Kier alpha value is -1.09. The summed E-state index contributed by atoms with van der Waals surface area (Å²) in [6.07, 6.45) is 0. The molecular weight excluding hydrogens is 374 g/mol. The highest BCUT2D eigenvalue weighted by Crippen LogP contribution is 2.37. The third-order valence-electron chi connectivity index (χ3n) is 3.41. The van der Waals surface area contributed by atoms with Crippen LogP contribution in [0.5, 0.6) is 0 Å². The minimum Gasteiger partial charge on any atom is -0.207 e. The van der Waals surface area contributed by atoms with E-state index in [-0.39, 0.29) is 5.82 Å². The minimum absolute atomic E-state index is 0.376. The van der Waals surface area contributed by atoms with E-state index in [1.165, 1.54) is 6.07 Å². The molecule has 0 aliphatic carbocycles. The van der Waals surface area contributed by atoms with Crippen LogP contribution < -0.4 is 0 Å². The lowest BCUT2D eigenvalue weighted by Gasteiger charge is -2.15. The summed E-state index contributed by atoms with van der Waals surface area (Å²) < 4.78 is 14.7. The molecule has 3 aromatic carbocycles. The largest absolute Gasteiger partial charge is 0.207 e. The van der Waals surface area contributed by atoms with Gasteiger partial charge in [0, 0.05) is 10.0 Å². The molecule has 0 saturated heterocycles. The Morgan fingerprint density at radius 3 is 2.48 bits per heavy atom. The fourth-order valence-corrected chi connectivity index (χ4v) is 3.22. The van der Waals surface area contributed by atoms with Crippen molar-refractivity contribution < 1.29 is 4.39 Å². The maximum Gasteiger partial charge on any atom is 0.129 e. The molecule has 1 atom stereocenters. The Balaban J connectivity index is 2.17. The number of benzene rings is 3. The van der Waals surface area contributed by atoms with Crippen LogP contribution in [0.25, 0.3) is 10.8 Å². The predicted octanol–water partition coefficient (Wildman–Crippen LogP) is 6.72. The Bertz CT molecular complexity index is 812. The Morgan fingerprint density at radius 2 is 1.67 bits per heavy atom. The van der Waals surface area contributed by atoms with Crippen LogP contribution in [0.3, 0.4) is 0 Å². The molecule has 0 bridgehead atoms. The fourth-order valence-electron chi connectivity index (χ4n) is 2.37. The lowest BCUT2D eigenvalue weighted by molar-refractivity contribution is 0.611. The molecule has 3 aromatic rings. The molecule has 0 aliphatic rings. The van der Waals surface area contributed by atoms with E-state index in [9.17, 15) is 4.39 Å². The molecule has 0 N–H and O–H groups in total. The summed E-state index contributed by atoms with van der Waals surface area (Å²) in [6, 6.07) is 16.7. The topological polar surface area (TPSA) is 0 Å². The molecule has 0 fully saturated rings. The minimum atomic E-state index is -0.596. The molecule has 0 amide bonds. The average molecular weight is 384 g/mol. The van der Waals surface area contributed by atoms with Gasteiger partial charge < -0.3 is 0 Å². The van der Waals surface area contributed by atoms with E-state index in [0.29, 0.717) is 15.1 Å². The molecule has 106 valence electrons. The lowest BCUT2D eigenvalue weighted by Crippen LogP contribution is -1.98. The van der Waals surface area contributed by atoms with E-state index in [2.05, 4.69) is 15.9 Å². The van der Waals surface area contributed by atoms with Crippen LogP contribution in [-0.4, -0.2) is 0 Å². The SMILES string of the molecule is Fc1cc(Br)c(Cl)cc1C(Cl)c1cccc2ccccc12. The summed E-state index contributed by atoms with van der Waals surface area (Å²) in [5, 5.41) is 1.93. The number of rotatable bonds is 2. The molecule has 0 radical (unpaired) electrons. The van der Waals surface area contributed by atoms with Gasteiger partial charge in [0.25, 0.3) is 0 Å². The van der Waals surface area contributed by atoms with Crippen molar-refractivity contribution in [1.29, 1.82) is 0 Å². The zero-order valence-corrected chi connectivity index (χ0v) is 13.9. The highest BCUT2D eigenvalue weighted by atomic mass is 79.9. The standard InChI is InChI=1S/C17H10BrCl2F/c18-14-9-16(21)13(8-15(14)19)17(20)12-7-3-5-10-4-1-2-6-11(10)12/h1-9,17H. The highest BCUT2D eigenvalue weighted by Gasteiger charge is 2.19. The predicted molar refractivity (Wildman–Crippen MR) is 90.8 cm³/mol. The summed E-state index contributed by atoms with van der Waals surface area (Å²) in [7, 11) is 0. The van der Waals surface area contributed by atoms with Crippen LogP contribution in [0.1, 0.15) is 16.5 Å². The summed E-state index contributed by atoms with van der Waals surface area (Å²) in [6.45, 7) is 0. The van der Waals surface area contributed by atoms with Gasteiger partial charge >= 0.3 is 0 Å². The van der Waals surface area contributed by atoms with E-state index in [1.54, 1.807) is 6.07 Å². The zero-order chi connectivity index (χ0) is 15.0. The first-order chi connectivity index (χ1) is 10.1. The van der Waals surface area contributed by atoms with Gasteiger partial charge in [0.15, 0.2) is 0 Å². The first kappa shape index (κ1) is 14.8. The van der Waals surface area contributed by atoms with E-state index in [1.807, 2.05) is 42.5 Å². The molecule has 0 saturated carbocycles. The van der Waals surface area contributed by atoms with Crippen molar-refractivity contribution in [1.82, 2.24) is 0 Å². The summed E-state index contributed by atoms with van der Waals surface area (Å²) in [5.41, 5.74) is 1.24. The van der Waals surface area contributed by atoms with Crippen LogP contribution >= 0.6 is 39.1 Å². The monoisotopic (exact) mass is 382 g/mol. The quantitative estimate of drug-likeness (QED) is 0.340. The first-order valence-electron chi connectivity index (χ1n) is 6.34. The van der Waals surface area contributed by atoms with Gasteiger partial charge in [-0.25, -0.2) is 4.39 Å². The van der Waals surface area contributed by atoms with Crippen LogP contribution in [0, 0.1) is 5.82 Å². The molecule has 4 heteroatoms. The number of halogens is 4. The summed E-state index contributed by atoms with van der Waals surface area (Å²) in [5.74, 6) is -0.376. The molecule has 1 unspecified atom stereocenters. The van der Waals surface area contributed by atoms with Gasteiger partial charge in [-0.05, 0) is 44.4 Å². The smallest absolute Gasteiger partial charge is 0.129 e. The maximum atomic E-state index is 14.2. The molecule has 0 heterocycles. The van der Waals surface area contributed by atoms with E-state index in [4.69, 9.17) is 23.2 Å². The third kappa shape index (κ3) is 2.80. The van der Waals surface area contributed by atoms with Gasteiger partial charge in [-0.3, -0.25) is 0 Å². The second kappa shape index (κ2) is 5.96. The maximum absolute atomic E-state index is 14.2. The molecule has 21 heavy (non-hydrogen) atoms. The second-order valence-corrected chi connectivity index (χ2v) is 6.42. The second-order valence-electron chi connectivity index (χ2n) is 4.72. The lowest BCUT2D eigenvalue weighted by atomic mass is 9.98. The molecule has 0 nitrogen and oxygen atoms in total. The van der Waals surface area contributed by atoms with Crippen molar-refractivity contribution >= 4 is 49.9 Å². The van der Waals surface area contributed by atoms with Crippen LogP contribution in [0.4, 0.5) is 4.39 Å². The Kier molecular flexibility index (Phi) is 4.21. The van der Waals surface area contributed by atoms with Crippen LogP contribution in [0.15, 0.2) is 59.1 Å².